The molecular weight excluding hydrogens is 387 g/mol. The molecule has 2 aromatic carbocycles. The van der Waals surface area contributed by atoms with Gasteiger partial charge in [0.1, 0.15) is 11.6 Å². The minimum atomic E-state index is -0.478. The fourth-order valence-corrected chi connectivity index (χ4v) is 2.75. The number of carbonyl (C=O) groups is 1. The van der Waals surface area contributed by atoms with Gasteiger partial charge >= 0.3 is 0 Å². The molecule has 0 bridgehead atoms. The van der Waals surface area contributed by atoms with E-state index < -0.39 is 5.91 Å². The van der Waals surface area contributed by atoms with E-state index in [1.165, 1.54) is 6.08 Å². The molecule has 0 atom stereocenters. The number of nitriles is 1. The molecule has 0 saturated carbocycles. The normalized spacial score (nSPS) is 10.9. The van der Waals surface area contributed by atoms with E-state index in [9.17, 15) is 10.1 Å². The highest BCUT2D eigenvalue weighted by Crippen LogP contribution is 2.28. The van der Waals surface area contributed by atoms with Crippen LogP contribution in [0.4, 0.5) is 0 Å². The third kappa shape index (κ3) is 5.40. The van der Waals surface area contributed by atoms with Crippen molar-refractivity contribution in [2.24, 2.45) is 0 Å². The van der Waals surface area contributed by atoms with Crippen molar-refractivity contribution >= 4 is 35.2 Å². The maximum Gasteiger partial charge on any atom is 0.261 e. The van der Waals surface area contributed by atoms with Crippen molar-refractivity contribution < 1.29 is 14.3 Å². The van der Waals surface area contributed by atoms with Crippen molar-refractivity contribution in [1.82, 2.24) is 5.32 Å². The molecule has 0 fully saturated rings. The molecule has 140 valence electrons. The fourth-order valence-electron chi connectivity index (χ4n) is 2.39. The Labute approximate surface area is 168 Å². The van der Waals surface area contributed by atoms with Crippen LogP contribution in [0.3, 0.4) is 0 Å². The molecule has 1 N–H and O–H groups in total. The second kappa shape index (κ2) is 9.86. The molecule has 0 aliphatic carbocycles. The summed E-state index contributed by atoms with van der Waals surface area (Å²) in [4.78, 5) is 12.3. The summed E-state index contributed by atoms with van der Waals surface area (Å²) in [5.74, 6) is 0.780. The number of benzene rings is 2. The zero-order valence-corrected chi connectivity index (χ0v) is 16.4. The number of halogens is 2. The molecule has 0 saturated heterocycles. The largest absolute Gasteiger partial charge is 0.493 e. The lowest BCUT2D eigenvalue weighted by molar-refractivity contribution is -0.117. The zero-order chi connectivity index (χ0) is 19.8. The Morgan fingerprint density at radius 2 is 1.93 bits per heavy atom. The van der Waals surface area contributed by atoms with Gasteiger partial charge in [-0.2, -0.15) is 5.26 Å². The standard InChI is InChI=1S/C20H18Cl2N2O3/c1-26-17-7-6-13(10-18(17)27-2)8-9-24-20(25)15(12-23)11-14-4-3-5-16(21)19(14)22/h3-7,10-11H,8-9H2,1-2H3,(H,24,25). The van der Waals surface area contributed by atoms with Crippen LogP contribution in [0.1, 0.15) is 11.1 Å². The minimum Gasteiger partial charge on any atom is -0.493 e. The molecule has 0 radical (unpaired) electrons. The summed E-state index contributed by atoms with van der Waals surface area (Å²) in [5, 5.41) is 12.7. The summed E-state index contributed by atoms with van der Waals surface area (Å²) in [6, 6.07) is 12.4. The average molecular weight is 405 g/mol. The van der Waals surface area contributed by atoms with Crippen LogP contribution in [0.5, 0.6) is 11.5 Å². The van der Waals surface area contributed by atoms with Gasteiger partial charge in [0.15, 0.2) is 11.5 Å². The third-order valence-corrected chi connectivity index (χ3v) is 4.63. The fraction of sp³-hybridized carbons (Fsp3) is 0.200. The molecular formula is C20H18Cl2N2O3. The summed E-state index contributed by atoms with van der Waals surface area (Å²) in [7, 11) is 3.13. The maximum atomic E-state index is 12.3. The Kier molecular flexibility index (Phi) is 7.54. The number of nitrogens with zero attached hydrogens (tertiary/aromatic N) is 1. The van der Waals surface area contributed by atoms with Gasteiger partial charge in [-0.15, -0.1) is 0 Å². The van der Waals surface area contributed by atoms with E-state index >= 15 is 0 Å². The van der Waals surface area contributed by atoms with Crippen LogP contribution in [0.2, 0.25) is 10.0 Å². The Bertz CT molecular complexity index is 905. The van der Waals surface area contributed by atoms with E-state index in [2.05, 4.69) is 5.32 Å². The topological polar surface area (TPSA) is 71.3 Å². The van der Waals surface area contributed by atoms with Crippen LogP contribution in [0.25, 0.3) is 6.08 Å². The van der Waals surface area contributed by atoms with Gasteiger partial charge in [-0.1, -0.05) is 41.4 Å². The predicted octanol–water partition coefficient (Wildman–Crippen LogP) is 4.28. The van der Waals surface area contributed by atoms with Crippen molar-refractivity contribution in [3.8, 4) is 17.6 Å². The number of carbonyl (C=O) groups excluding carboxylic acids is 1. The van der Waals surface area contributed by atoms with Gasteiger partial charge in [0, 0.05) is 6.54 Å². The van der Waals surface area contributed by atoms with Crippen LogP contribution >= 0.6 is 23.2 Å². The number of hydrogen-bond acceptors (Lipinski definition) is 4. The molecule has 0 spiro atoms. The lowest BCUT2D eigenvalue weighted by Gasteiger charge is -2.10. The monoisotopic (exact) mass is 404 g/mol. The number of ether oxygens (including phenoxy) is 2. The van der Waals surface area contributed by atoms with E-state index in [0.717, 1.165) is 5.56 Å². The van der Waals surface area contributed by atoms with E-state index in [0.29, 0.717) is 40.1 Å². The van der Waals surface area contributed by atoms with Gasteiger partial charge in [0.25, 0.3) is 5.91 Å². The SMILES string of the molecule is COc1ccc(CCNC(=O)C(C#N)=Cc2cccc(Cl)c2Cl)cc1OC. The Hall–Kier alpha value is -2.68. The summed E-state index contributed by atoms with van der Waals surface area (Å²) in [5.41, 5.74) is 1.43. The van der Waals surface area contributed by atoms with Crippen LogP contribution in [0.15, 0.2) is 42.0 Å². The van der Waals surface area contributed by atoms with Crippen molar-refractivity contribution in [3.05, 3.63) is 63.1 Å². The van der Waals surface area contributed by atoms with E-state index in [4.69, 9.17) is 32.7 Å². The Morgan fingerprint density at radius 3 is 2.59 bits per heavy atom. The smallest absolute Gasteiger partial charge is 0.261 e. The van der Waals surface area contributed by atoms with Crippen LogP contribution in [0, 0.1) is 11.3 Å². The second-order valence-corrected chi connectivity index (χ2v) is 6.29. The second-order valence-electron chi connectivity index (χ2n) is 5.51. The average Bonchev–Trinajstić information content (AvgIpc) is 2.68. The van der Waals surface area contributed by atoms with Gasteiger partial charge in [-0.25, -0.2) is 0 Å². The zero-order valence-electron chi connectivity index (χ0n) is 14.9. The molecule has 0 aliphatic rings. The number of amides is 1. The van der Waals surface area contributed by atoms with Gasteiger partial charge in [0.05, 0.1) is 24.3 Å². The molecule has 0 aromatic heterocycles. The first-order chi connectivity index (χ1) is 13.0. The molecule has 7 heteroatoms. The first-order valence-corrected chi connectivity index (χ1v) is 8.80. The van der Waals surface area contributed by atoms with Crippen LogP contribution < -0.4 is 14.8 Å². The first-order valence-electron chi connectivity index (χ1n) is 8.05. The highest BCUT2D eigenvalue weighted by atomic mass is 35.5. The predicted molar refractivity (Wildman–Crippen MR) is 106 cm³/mol. The van der Waals surface area contributed by atoms with E-state index in [-0.39, 0.29) is 5.57 Å². The molecule has 0 aliphatic heterocycles. The molecule has 2 aromatic rings. The van der Waals surface area contributed by atoms with E-state index in [1.54, 1.807) is 38.5 Å². The molecule has 5 nitrogen and oxygen atoms in total. The number of methoxy groups -OCH3 is 2. The lowest BCUT2D eigenvalue weighted by atomic mass is 10.1. The van der Waals surface area contributed by atoms with Gasteiger partial charge in [-0.3, -0.25) is 4.79 Å². The highest BCUT2D eigenvalue weighted by Gasteiger charge is 2.11. The summed E-state index contributed by atoms with van der Waals surface area (Å²) in [6.07, 6.45) is 1.99. The molecule has 0 heterocycles. The minimum absolute atomic E-state index is 0.0496. The lowest BCUT2D eigenvalue weighted by Crippen LogP contribution is -2.26. The highest BCUT2D eigenvalue weighted by molar-refractivity contribution is 6.43. The van der Waals surface area contributed by atoms with Gasteiger partial charge < -0.3 is 14.8 Å². The first kappa shape index (κ1) is 20.6. The van der Waals surface area contributed by atoms with Crippen molar-refractivity contribution in [1.29, 1.82) is 5.26 Å². The van der Waals surface area contributed by atoms with E-state index in [1.807, 2.05) is 18.2 Å². The summed E-state index contributed by atoms with van der Waals surface area (Å²) < 4.78 is 10.5. The van der Waals surface area contributed by atoms with Crippen LogP contribution in [-0.2, 0) is 11.2 Å². The van der Waals surface area contributed by atoms with Gasteiger partial charge in [-0.05, 0) is 41.8 Å². The Morgan fingerprint density at radius 1 is 1.19 bits per heavy atom. The number of nitrogens with one attached hydrogen (secondary N) is 1. The number of hydrogen-bond donors (Lipinski definition) is 1. The summed E-state index contributed by atoms with van der Waals surface area (Å²) >= 11 is 12.1. The molecule has 27 heavy (non-hydrogen) atoms. The third-order valence-electron chi connectivity index (χ3n) is 3.79. The Balaban J connectivity index is 2.03. The van der Waals surface area contributed by atoms with Crippen molar-refractivity contribution in [3.63, 3.8) is 0 Å². The quantitative estimate of drug-likeness (QED) is 0.552. The number of rotatable bonds is 7. The van der Waals surface area contributed by atoms with Crippen molar-refractivity contribution in [2.45, 2.75) is 6.42 Å². The van der Waals surface area contributed by atoms with Crippen molar-refractivity contribution in [2.75, 3.05) is 20.8 Å². The maximum absolute atomic E-state index is 12.3. The van der Waals surface area contributed by atoms with Gasteiger partial charge in [0.2, 0.25) is 0 Å². The van der Waals surface area contributed by atoms with Crippen LogP contribution in [-0.4, -0.2) is 26.7 Å². The molecule has 2 rings (SSSR count). The molecule has 0 unspecified atom stereocenters. The summed E-state index contributed by atoms with van der Waals surface area (Å²) in [6.45, 7) is 0.358. The molecule has 1 amide bonds.